The summed E-state index contributed by atoms with van der Waals surface area (Å²) in [5.74, 6) is 1.03. The third kappa shape index (κ3) is 4.59. The molecule has 0 amide bonds. The van der Waals surface area contributed by atoms with E-state index in [1.165, 1.54) is 0 Å². The monoisotopic (exact) mass is 261 g/mol. The lowest BCUT2D eigenvalue weighted by Gasteiger charge is -2.31. The first kappa shape index (κ1) is 15.0. The van der Waals surface area contributed by atoms with Crippen LogP contribution in [0.25, 0.3) is 0 Å². The van der Waals surface area contributed by atoms with Gasteiger partial charge >= 0.3 is 0 Å². The first-order valence-corrected chi connectivity index (χ1v) is 8.64. The Hall–Kier alpha value is -0.0900. The molecule has 0 aromatic carbocycles. The summed E-state index contributed by atoms with van der Waals surface area (Å²) >= 11 is 0. The zero-order valence-corrected chi connectivity index (χ0v) is 12.2. The number of hydrogen-bond acceptors (Lipinski definition) is 3. The Morgan fingerprint density at radius 1 is 1.24 bits per heavy atom. The lowest BCUT2D eigenvalue weighted by atomic mass is 9.98. The fourth-order valence-corrected chi connectivity index (χ4v) is 4.79. The first-order valence-electron chi connectivity index (χ1n) is 6.92. The second-order valence-electron chi connectivity index (χ2n) is 5.54. The Kier molecular flexibility index (Phi) is 5.93. The average Bonchev–Trinajstić information content (AvgIpc) is 2.24. The zero-order chi connectivity index (χ0) is 12.9. The number of nitrogens with one attached hydrogen (secondary N) is 1. The van der Waals surface area contributed by atoms with Crippen molar-refractivity contribution in [3.05, 3.63) is 0 Å². The molecule has 0 bridgehead atoms. The Morgan fingerprint density at radius 3 is 2.47 bits per heavy atom. The zero-order valence-electron chi connectivity index (χ0n) is 11.4. The first-order chi connectivity index (χ1) is 7.97. The van der Waals surface area contributed by atoms with E-state index in [4.69, 9.17) is 0 Å². The minimum atomic E-state index is -2.86. The summed E-state index contributed by atoms with van der Waals surface area (Å²) in [5.41, 5.74) is 0. The van der Waals surface area contributed by atoms with Gasteiger partial charge in [0.2, 0.25) is 0 Å². The molecule has 0 radical (unpaired) electrons. The van der Waals surface area contributed by atoms with Gasteiger partial charge in [-0.1, -0.05) is 27.2 Å². The molecule has 2 unspecified atom stereocenters. The highest BCUT2D eigenvalue weighted by Crippen LogP contribution is 2.25. The maximum absolute atomic E-state index is 12.1. The van der Waals surface area contributed by atoms with E-state index in [-0.39, 0.29) is 11.3 Å². The predicted molar refractivity (Wildman–Crippen MR) is 73.0 cm³/mol. The van der Waals surface area contributed by atoms with Gasteiger partial charge < -0.3 is 5.32 Å². The van der Waals surface area contributed by atoms with Crippen LogP contribution in [0.15, 0.2) is 0 Å². The Labute approximate surface area is 106 Å². The van der Waals surface area contributed by atoms with E-state index in [9.17, 15) is 8.42 Å². The molecule has 2 atom stereocenters. The molecule has 102 valence electrons. The summed E-state index contributed by atoms with van der Waals surface area (Å²) in [5, 5.41) is 3.24. The molecule has 1 aliphatic rings. The fraction of sp³-hybridized carbons (Fsp3) is 1.00. The van der Waals surface area contributed by atoms with E-state index in [1.807, 2.05) is 0 Å². The minimum absolute atomic E-state index is 0.144. The standard InChI is InChI=1S/C13H27NO2S/c1-4-14-12(9-8-11(2)3)13-7-5-6-10-17(13,15)16/h11-14H,4-10H2,1-3H3. The van der Waals surface area contributed by atoms with Crippen LogP contribution in [0.3, 0.4) is 0 Å². The van der Waals surface area contributed by atoms with E-state index in [0.29, 0.717) is 11.7 Å². The number of hydrogen-bond donors (Lipinski definition) is 1. The molecular weight excluding hydrogens is 234 g/mol. The minimum Gasteiger partial charge on any atom is -0.313 e. The van der Waals surface area contributed by atoms with Gasteiger partial charge in [0.15, 0.2) is 9.84 Å². The van der Waals surface area contributed by atoms with Crippen molar-refractivity contribution in [3.63, 3.8) is 0 Å². The Morgan fingerprint density at radius 2 is 1.94 bits per heavy atom. The van der Waals surface area contributed by atoms with Crippen LogP contribution in [-0.2, 0) is 9.84 Å². The van der Waals surface area contributed by atoms with Gasteiger partial charge in [-0.2, -0.15) is 0 Å². The number of rotatable bonds is 6. The maximum atomic E-state index is 12.1. The lowest BCUT2D eigenvalue weighted by molar-refractivity contribution is 0.393. The molecule has 0 aromatic rings. The van der Waals surface area contributed by atoms with Crippen molar-refractivity contribution in [3.8, 4) is 0 Å². The van der Waals surface area contributed by atoms with Crippen molar-refractivity contribution < 1.29 is 8.42 Å². The quantitative estimate of drug-likeness (QED) is 0.798. The molecule has 17 heavy (non-hydrogen) atoms. The summed E-state index contributed by atoms with van der Waals surface area (Å²) < 4.78 is 24.2. The molecule has 1 fully saturated rings. The van der Waals surface area contributed by atoms with Gasteiger partial charge in [-0.3, -0.25) is 0 Å². The van der Waals surface area contributed by atoms with Crippen LogP contribution in [0.4, 0.5) is 0 Å². The molecule has 1 aliphatic heterocycles. The maximum Gasteiger partial charge on any atom is 0.154 e. The van der Waals surface area contributed by atoms with Crippen molar-refractivity contribution in [1.82, 2.24) is 5.32 Å². The van der Waals surface area contributed by atoms with E-state index >= 15 is 0 Å². The number of sulfone groups is 1. The summed E-state index contributed by atoms with van der Waals surface area (Å²) in [6.45, 7) is 7.29. The molecule has 0 saturated carbocycles. The van der Waals surface area contributed by atoms with Crippen molar-refractivity contribution in [1.29, 1.82) is 0 Å². The summed E-state index contributed by atoms with van der Waals surface area (Å²) in [7, 11) is -2.86. The molecule has 3 nitrogen and oxygen atoms in total. The molecule has 0 aromatic heterocycles. The second kappa shape index (κ2) is 6.74. The average molecular weight is 261 g/mol. The molecular formula is C13H27NO2S. The van der Waals surface area contributed by atoms with Crippen molar-refractivity contribution >= 4 is 9.84 Å². The highest BCUT2D eigenvalue weighted by Gasteiger charge is 2.34. The van der Waals surface area contributed by atoms with Gasteiger partial charge in [0, 0.05) is 6.04 Å². The van der Waals surface area contributed by atoms with Gasteiger partial charge in [0.1, 0.15) is 0 Å². The van der Waals surface area contributed by atoms with Crippen LogP contribution in [-0.4, -0.2) is 32.0 Å². The fourth-order valence-electron chi connectivity index (χ4n) is 2.63. The Bertz CT molecular complexity index is 311. The predicted octanol–water partition coefficient (Wildman–Crippen LogP) is 2.37. The normalized spacial score (nSPS) is 26.0. The van der Waals surface area contributed by atoms with Gasteiger partial charge in [-0.25, -0.2) is 8.42 Å². The molecule has 0 spiro atoms. The summed E-state index contributed by atoms with van der Waals surface area (Å²) in [6.07, 6.45) is 4.84. The lowest BCUT2D eigenvalue weighted by Crippen LogP contribution is -2.46. The third-order valence-electron chi connectivity index (χ3n) is 3.60. The van der Waals surface area contributed by atoms with Gasteiger partial charge in [-0.05, 0) is 38.1 Å². The van der Waals surface area contributed by atoms with Crippen molar-refractivity contribution in [2.45, 2.75) is 64.2 Å². The molecule has 0 aliphatic carbocycles. The van der Waals surface area contributed by atoms with Crippen molar-refractivity contribution in [2.75, 3.05) is 12.3 Å². The smallest absolute Gasteiger partial charge is 0.154 e. The van der Waals surface area contributed by atoms with Crippen LogP contribution in [0.2, 0.25) is 0 Å². The van der Waals surface area contributed by atoms with Crippen LogP contribution in [0.5, 0.6) is 0 Å². The molecule has 1 saturated heterocycles. The molecule has 4 heteroatoms. The van der Waals surface area contributed by atoms with Gasteiger partial charge in [-0.15, -0.1) is 0 Å². The molecule has 1 heterocycles. The van der Waals surface area contributed by atoms with E-state index in [2.05, 4.69) is 26.1 Å². The molecule has 1 rings (SSSR count). The van der Waals surface area contributed by atoms with Crippen LogP contribution in [0, 0.1) is 5.92 Å². The topological polar surface area (TPSA) is 46.2 Å². The van der Waals surface area contributed by atoms with Crippen LogP contribution in [0.1, 0.15) is 52.9 Å². The highest BCUT2D eigenvalue weighted by atomic mass is 32.2. The van der Waals surface area contributed by atoms with Crippen molar-refractivity contribution in [2.24, 2.45) is 5.92 Å². The SMILES string of the molecule is CCNC(CCC(C)C)C1CCCCS1(=O)=O. The highest BCUT2D eigenvalue weighted by molar-refractivity contribution is 7.92. The van der Waals surface area contributed by atoms with Crippen LogP contribution < -0.4 is 5.32 Å². The Balaban J connectivity index is 2.67. The van der Waals surface area contributed by atoms with E-state index in [1.54, 1.807) is 0 Å². The third-order valence-corrected chi connectivity index (χ3v) is 5.94. The van der Waals surface area contributed by atoms with Gasteiger partial charge in [0.05, 0.1) is 11.0 Å². The summed E-state index contributed by atoms with van der Waals surface area (Å²) in [4.78, 5) is 0. The molecule has 1 N–H and O–H groups in total. The van der Waals surface area contributed by atoms with Crippen LogP contribution >= 0.6 is 0 Å². The van der Waals surface area contributed by atoms with E-state index in [0.717, 1.165) is 38.6 Å². The van der Waals surface area contributed by atoms with Gasteiger partial charge in [0.25, 0.3) is 0 Å². The summed E-state index contributed by atoms with van der Waals surface area (Å²) in [6, 6.07) is 0.160. The van der Waals surface area contributed by atoms with E-state index < -0.39 is 9.84 Å². The largest absolute Gasteiger partial charge is 0.313 e. The second-order valence-corrected chi connectivity index (χ2v) is 7.88.